The van der Waals surface area contributed by atoms with Crippen molar-refractivity contribution >= 4 is 5.82 Å². The molecule has 1 aromatic heterocycles. The highest BCUT2D eigenvalue weighted by atomic mass is 15.3. The number of hydrogen-bond acceptors (Lipinski definition) is 5. The van der Waals surface area contributed by atoms with Gasteiger partial charge in [-0.25, -0.2) is 9.97 Å². The SMILES string of the molecule is CCC(C)CN1CCc2c(ncnc2N2CCN(C3CCC3)CC2)C1. The number of aromatic nitrogens is 2. The maximum absolute atomic E-state index is 4.70. The van der Waals surface area contributed by atoms with E-state index in [1.165, 1.54) is 62.4 Å². The zero-order valence-electron chi connectivity index (χ0n) is 16.0. The highest BCUT2D eigenvalue weighted by Gasteiger charge is 2.30. The first-order valence-electron chi connectivity index (χ1n) is 10.3. The minimum absolute atomic E-state index is 0.766. The average Bonchev–Trinajstić information content (AvgIpc) is 2.60. The average molecular weight is 344 g/mol. The monoisotopic (exact) mass is 343 g/mol. The van der Waals surface area contributed by atoms with E-state index in [-0.39, 0.29) is 0 Å². The van der Waals surface area contributed by atoms with Gasteiger partial charge in [0.15, 0.2) is 0 Å². The van der Waals surface area contributed by atoms with Crippen LogP contribution in [0.5, 0.6) is 0 Å². The van der Waals surface area contributed by atoms with E-state index in [0.717, 1.165) is 44.6 Å². The molecule has 1 aromatic rings. The maximum atomic E-state index is 4.70. The molecule has 3 heterocycles. The van der Waals surface area contributed by atoms with E-state index in [4.69, 9.17) is 4.98 Å². The summed E-state index contributed by atoms with van der Waals surface area (Å²) in [7, 11) is 0. The molecule has 4 rings (SSSR count). The molecular weight excluding hydrogens is 310 g/mol. The second-order valence-corrected chi connectivity index (χ2v) is 8.23. The summed E-state index contributed by atoms with van der Waals surface area (Å²) in [6.45, 7) is 12.6. The molecule has 5 heteroatoms. The molecule has 2 fully saturated rings. The molecule has 1 saturated heterocycles. The third-order valence-electron chi connectivity index (χ3n) is 6.53. The van der Waals surface area contributed by atoms with Crippen molar-refractivity contribution in [2.24, 2.45) is 5.92 Å². The number of rotatable bonds is 5. The molecule has 25 heavy (non-hydrogen) atoms. The van der Waals surface area contributed by atoms with Crippen LogP contribution < -0.4 is 4.90 Å². The van der Waals surface area contributed by atoms with Gasteiger partial charge in [0, 0.05) is 57.4 Å². The fourth-order valence-electron chi connectivity index (χ4n) is 4.44. The number of piperazine rings is 1. The molecular formula is C20H33N5. The van der Waals surface area contributed by atoms with Gasteiger partial charge in [0.2, 0.25) is 0 Å². The number of hydrogen-bond donors (Lipinski definition) is 0. The van der Waals surface area contributed by atoms with Crippen LogP contribution in [0.2, 0.25) is 0 Å². The first-order chi connectivity index (χ1) is 12.2. The molecule has 0 bridgehead atoms. The first-order valence-corrected chi connectivity index (χ1v) is 10.3. The Labute approximate surface area is 152 Å². The third-order valence-corrected chi connectivity index (χ3v) is 6.53. The van der Waals surface area contributed by atoms with Crippen molar-refractivity contribution in [1.82, 2.24) is 19.8 Å². The van der Waals surface area contributed by atoms with Crippen molar-refractivity contribution < 1.29 is 0 Å². The Morgan fingerprint density at radius 2 is 1.92 bits per heavy atom. The van der Waals surface area contributed by atoms with E-state index in [2.05, 4.69) is 33.5 Å². The van der Waals surface area contributed by atoms with Crippen LogP contribution in [0.3, 0.4) is 0 Å². The summed E-state index contributed by atoms with van der Waals surface area (Å²) in [5.41, 5.74) is 2.68. The Morgan fingerprint density at radius 1 is 1.12 bits per heavy atom. The summed E-state index contributed by atoms with van der Waals surface area (Å²) in [6.07, 6.45) is 8.40. The van der Waals surface area contributed by atoms with Gasteiger partial charge < -0.3 is 4.90 Å². The zero-order chi connectivity index (χ0) is 17.2. The van der Waals surface area contributed by atoms with E-state index in [9.17, 15) is 0 Å². The van der Waals surface area contributed by atoms with Crippen LogP contribution in [0, 0.1) is 5.92 Å². The molecule has 0 radical (unpaired) electrons. The molecule has 1 atom stereocenters. The lowest BCUT2D eigenvalue weighted by Crippen LogP contribution is -2.52. The van der Waals surface area contributed by atoms with Crippen molar-refractivity contribution in [1.29, 1.82) is 0 Å². The summed E-state index contributed by atoms with van der Waals surface area (Å²) in [5, 5.41) is 0. The van der Waals surface area contributed by atoms with Crippen LogP contribution >= 0.6 is 0 Å². The van der Waals surface area contributed by atoms with Gasteiger partial charge in [0.05, 0.1) is 5.69 Å². The highest BCUT2D eigenvalue weighted by Crippen LogP contribution is 2.29. The Balaban J connectivity index is 1.41. The number of nitrogens with zero attached hydrogens (tertiary/aromatic N) is 5. The fourth-order valence-corrected chi connectivity index (χ4v) is 4.44. The lowest BCUT2D eigenvalue weighted by molar-refractivity contribution is 0.120. The van der Waals surface area contributed by atoms with E-state index < -0.39 is 0 Å². The standard InChI is InChI=1S/C20H33N5/c1-3-16(2)13-23-8-7-18-19(14-23)21-15-22-20(18)25-11-9-24(10-12-25)17-5-4-6-17/h15-17H,3-14H2,1-2H3. The predicted molar refractivity (Wildman–Crippen MR) is 102 cm³/mol. The summed E-state index contributed by atoms with van der Waals surface area (Å²) < 4.78 is 0. The minimum Gasteiger partial charge on any atom is -0.354 e. The summed E-state index contributed by atoms with van der Waals surface area (Å²) >= 11 is 0. The lowest BCUT2D eigenvalue weighted by Gasteiger charge is -2.43. The molecule has 0 N–H and O–H groups in total. The second-order valence-electron chi connectivity index (χ2n) is 8.23. The predicted octanol–water partition coefficient (Wildman–Crippen LogP) is 2.56. The first kappa shape index (κ1) is 17.2. The number of anilines is 1. The number of fused-ring (bicyclic) bond motifs is 1. The van der Waals surface area contributed by atoms with Crippen molar-refractivity contribution in [3.63, 3.8) is 0 Å². The van der Waals surface area contributed by atoms with Crippen LogP contribution in [0.25, 0.3) is 0 Å². The van der Waals surface area contributed by atoms with E-state index in [0.29, 0.717) is 0 Å². The van der Waals surface area contributed by atoms with Crippen LogP contribution in [-0.4, -0.2) is 65.1 Å². The second kappa shape index (κ2) is 7.58. The van der Waals surface area contributed by atoms with Gasteiger partial charge in [-0.05, 0) is 25.2 Å². The Morgan fingerprint density at radius 3 is 2.60 bits per heavy atom. The largest absolute Gasteiger partial charge is 0.354 e. The summed E-state index contributed by atoms with van der Waals surface area (Å²) in [4.78, 5) is 17.1. The smallest absolute Gasteiger partial charge is 0.135 e. The van der Waals surface area contributed by atoms with Crippen LogP contribution in [0.4, 0.5) is 5.82 Å². The lowest BCUT2D eigenvalue weighted by atomic mass is 9.91. The van der Waals surface area contributed by atoms with E-state index in [1.54, 1.807) is 6.33 Å². The molecule has 3 aliphatic rings. The van der Waals surface area contributed by atoms with Gasteiger partial charge in [0.1, 0.15) is 12.1 Å². The molecule has 0 spiro atoms. The Kier molecular flexibility index (Phi) is 5.23. The van der Waals surface area contributed by atoms with Gasteiger partial charge in [-0.1, -0.05) is 26.7 Å². The van der Waals surface area contributed by atoms with E-state index >= 15 is 0 Å². The third kappa shape index (κ3) is 3.68. The van der Waals surface area contributed by atoms with Crippen molar-refractivity contribution in [2.45, 2.75) is 58.5 Å². The van der Waals surface area contributed by atoms with Gasteiger partial charge in [-0.15, -0.1) is 0 Å². The minimum atomic E-state index is 0.766. The molecule has 1 aliphatic carbocycles. The van der Waals surface area contributed by atoms with Gasteiger partial charge in [-0.3, -0.25) is 9.80 Å². The van der Waals surface area contributed by atoms with Crippen molar-refractivity contribution in [3.05, 3.63) is 17.6 Å². The maximum Gasteiger partial charge on any atom is 0.135 e. The molecule has 0 aromatic carbocycles. The molecule has 138 valence electrons. The van der Waals surface area contributed by atoms with Gasteiger partial charge in [0.25, 0.3) is 0 Å². The van der Waals surface area contributed by atoms with Crippen LogP contribution in [0.1, 0.15) is 50.8 Å². The highest BCUT2D eigenvalue weighted by molar-refractivity contribution is 5.50. The van der Waals surface area contributed by atoms with Gasteiger partial charge in [-0.2, -0.15) is 0 Å². The quantitative estimate of drug-likeness (QED) is 0.821. The Hall–Kier alpha value is -1.20. The molecule has 1 unspecified atom stereocenters. The van der Waals surface area contributed by atoms with E-state index in [1.807, 2.05) is 0 Å². The molecule has 5 nitrogen and oxygen atoms in total. The summed E-state index contributed by atoms with van der Waals surface area (Å²) in [6, 6.07) is 0.871. The Bertz CT molecular complexity index is 577. The molecule has 2 aliphatic heterocycles. The normalized spacial score (nSPS) is 24.0. The molecule has 1 saturated carbocycles. The van der Waals surface area contributed by atoms with Crippen molar-refractivity contribution in [2.75, 3.05) is 44.2 Å². The van der Waals surface area contributed by atoms with Crippen LogP contribution in [-0.2, 0) is 13.0 Å². The van der Waals surface area contributed by atoms with Crippen molar-refractivity contribution in [3.8, 4) is 0 Å². The summed E-state index contributed by atoms with van der Waals surface area (Å²) in [5.74, 6) is 1.99. The molecule has 0 amide bonds. The topological polar surface area (TPSA) is 35.5 Å². The van der Waals surface area contributed by atoms with Gasteiger partial charge >= 0.3 is 0 Å². The van der Waals surface area contributed by atoms with Crippen LogP contribution in [0.15, 0.2) is 6.33 Å². The zero-order valence-corrected chi connectivity index (χ0v) is 16.0. The fraction of sp³-hybridized carbons (Fsp3) is 0.800.